The average molecular weight is 270 g/mol. The normalized spacial score (nSPS) is 12.7. The SMILES string of the molecule is CCC(C)(C)c1ccc(OC(C)(C)C)c2ccccc12. The van der Waals surface area contributed by atoms with Crippen LogP contribution in [0.4, 0.5) is 0 Å². The molecule has 0 aliphatic rings. The van der Waals surface area contributed by atoms with Crippen molar-refractivity contribution in [1.29, 1.82) is 0 Å². The van der Waals surface area contributed by atoms with Gasteiger partial charge in [-0.05, 0) is 49.6 Å². The molecule has 0 fully saturated rings. The third-order valence-electron chi connectivity index (χ3n) is 3.91. The van der Waals surface area contributed by atoms with Gasteiger partial charge >= 0.3 is 0 Å². The van der Waals surface area contributed by atoms with Gasteiger partial charge in [0, 0.05) is 5.39 Å². The summed E-state index contributed by atoms with van der Waals surface area (Å²) in [6.45, 7) is 13.1. The number of rotatable bonds is 3. The van der Waals surface area contributed by atoms with Crippen molar-refractivity contribution in [1.82, 2.24) is 0 Å². The van der Waals surface area contributed by atoms with E-state index in [1.165, 1.54) is 16.3 Å². The minimum absolute atomic E-state index is 0.176. The van der Waals surface area contributed by atoms with E-state index in [1.807, 2.05) is 0 Å². The van der Waals surface area contributed by atoms with Crippen LogP contribution < -0.4 is 4.74 Å². The predicted molar refractivity (Wildman–Crippen MR) is 87.6 cm³/mol. The van der Waals surface area contributed by atoms with Gasteiger partial charge in [0.25, 0.3) is 0 Å². The Labute approximate surface area is 123 Å². The van der Waals surface area contributed by atoms with Crippen molar-refractivity contribution >= 4 is 10.8 Å². The quantitative estimate of drug-likeness (QED) is 0.694. The van der Waals surface area contributed by atoms with Gasteiger partial charge in [0.05, 0.1) is 0 Å². The second-order valence-corrected chi connectivity index (χ2v) is 7.11. The summed E-state index contributed by atoms with van der Waals surface area (Å²) in [5.41, 5.74) is 1.40. The zero-order valence-electron chi connectivity index (χ0n) is 13.6. The summed E-state index contributed by atoms with van der Waals surface area (Å²) in [6, 6.07) is 12.9. The fraction of sp³-hybridized carbons (Fsp3) is 0.474. The molecule has 0 spiro atoms. The topological polar surface area (TPSA) is 9.23 Å². The van der Waals surface area contributed by atoms with Gasteiger partial charge in [0.2, 0.25) is 0 Å². The maximum absolute atomic E-state index is 6.12. The van der Waals surface area contributed by atoms with Gasteiger partial charge in [-0.2, -0.15) is 0 Å². The highest BCUT2D eigenvalue weighted by atomic mass is 16.5. The van der Waals surface area contributed by atoms with E-state index in [-0.39, 0.29) is 11.0 Å². The van der Waals surface area contributed by atoms with Crippen molar-refractivity contribution in [3.63, 3.8) is 0 Å². The van der Waals surface area contributed by atoms with Crippen molar-refractivity contribution in [2.24, 2.45) is 0 Å². The molecule has 0 N–H and O–H groups in total. The van der Waals surface area contributed by atoms with Crippen LogP contribution in [-0.4, -0.2) is 5.60 Å². The predicted octanol–water partition coefficient (Wildman–Crippen LogP) is 5.70. The van der Waals surface area contributed by atoms with Crippen molar-refractivity contribution in [3.8, 4) is 5.75 Å². The number of hydrogen-bond donors (Lipinski definition) is 0. The Morgan fingerprint density at radius 2 is 1.45 bits per heavy atom. The molecule has 0 atom stereocenters. The van der Waals surface area contributed by atoms with Crippen molar-refractivity contribution in [2.75, 3.05) is 0 Å². The number of fused-ring (bicyclic) bond motifs is 1. The van der Waals surface area contributed by atoms with Gasteiger partial charge in [-0.3, -0.25) is 0 Å². The lowest BCUT2D eigenvalue weighted by Crippen LogP contribution is -2.23. The summed E-state index contributed by atoms with van der Waals surface area (Å²) in [5.74, 6) is 0.976. The summed E-state index contributed by atoms with van der Waals surface area (Å²) in [6.07, 6.45) is 1.12. The van der Waals surface area contributed by atoms with Gasteiger partial charge in [-0.1, -0.05) is 51.1 Å². The van der Waals surface area contributed by atoms with Crippen LogP contribution in [0.25, 0.3) is 10.8 Å². The molecule has 1 heteroatoms. The Kier molecular flexibility index (Phi) is 3.82. The van der Waals surface area contributed by atoms with Crippen molar-refractivity contribution in [2.45, 2.75) is 59.0 Å². The largest absolute Gasteiger partial charge is 0.488 e. The molecule has 2 aromatic carbocycles. The van der Waals surface area contributed by atoms with E-state index >= 15 is 0 Å². The highest BCUT2D eigenvalue weighted by Crippen LogP contribution is 2.37. The lowest BCUT2D eigenvalue weighted by molar-refractivity contribution is 0.133. The molecule has 1 nitrogen and oxygen atoms in total. The zero-order chi connectivity index (χ0) is 15.0. The average Bonchev–Trinajstić information content (AvgIpc) is 2.37. The number of benzene rings is 2. The third-order valence-corrected chi connectivity index (χ3v) is 3.91. The van der Waals surface area contributed by atoms with Crippen LogP contribution in [0.2, 0.25) is 0 Å². The van der Waals surface area contributed by atoms with Crippen LogP contribution in [0.5, 0.6) is 5.75 Å². The molecule has 0 aromatic heterocycles. The fourth-order valence-electron chi connectivity index (χ4n) is 2.47. The van der Waals surface area contributed by atoms with E-state index in [0.29, 0.717) is 0 Å². The Morgan fingerprint density at radius 1 is 0.850 bits per heavy atom. The summed E-state index contributed by atoms with van der Waals surface area (Å²) in [5, 5.41) is 2.52. The molecule has 20 heavy (non-hydrogen) atoms. The van der Waals surface area contributed by atoms with Crippen LogP contribution >= 0.6 is 0 Å². The van der Waals surface area contributed by atoms with E-state index in [1.54, 1.807) is 0 Å². The second-order valence-electron chi connectivity index (χ2n) is 7.11. The summed E-state index contributed by atoms with van der Waals surface area (Å²) in [7, 11) is 0. The zero-order valence-corrected chi connectivity index (χ0v) is 13.6. The third kappa shape index (κ3) is 2.98. The Bertz CT molecular complexity index is 603. The molecule has 0 radical (unpaired) electrons. The van der Waals surface area contributed by atoms with Gasteiger partial charge in [-0.25, -0.2) is 0 Å². The maximum Gasteiger partial charge on any atom is 0.127 e. The van der Waals surface area contributed by atoms with Gasteiger partial charge in [-0.15, -0.1) is 0 Å². The first-order valence-corrected chi connectivity index (χ1v) is 7.46. The molecule has 0 saturated heterocycles. The van der Waals surface area contributed by atoms with E-state index in [2.05, 4.69) is 77.9 Å². The molecule has 0 amide bonds. The molecule has 0 unspecified atom stereocenters. The summed E-state index contributed by atoms with van der Waals surface area (Å²) < 4.78 is 6.12. The lowest BCUT2D eigenvalue weighted by Gasteiger charge is -2.28. The standard InChI is InChI=1S/C19H26O/c1-7-19(5,6)16-12-13-17(20-18(2,3)4)15-11-9-8-10-14(15)16/h8-13H,7H2,1-6H3. The molecule has 0 aliphatic heterocycles. The lowest BCUT2D eigenvalue weighted by atomic mass is 9.79. The van der Waals surface area contributed by atoms with E-state index in [4.69, 9.17) is 4.74 Å². The second kappa shape index (κ2) is 5.12. The van der Waals surface area contributed by atoms with Crippen LogP contribution in [-0.2, 0) is 5.41 Å². The molecular formula is C19H26O. The summed E-state index contributed by atoms with van der Waals surface area (Å²) in [4.78, 5) is 0. The van der Waals surface area contributed by atoms with Crippen LogP contribution in [0.3, 0.4) is 0 Å². The van der Waals surface area contributed by atoms with Crippen molar-refractivity contribution < 1.29 is 4.74 Å². The summed E-state index contributed by atoms with van der Waals surface area (Å²) >= 11 is 0. The van der Waals surface area contributed by atoms with Crippen LogP contribution in [0.15, 0.2) is 36.4 Å². The number of ether oxygens (including phenoxy) is 1. The molecule has 0 heterocycles. The molecular weight excluding hydrogens is 244 g/mol. The maximum atomic E-state index is 6.12. The molecule has 0 saturated carbocycles. The van der Waals surface area contributed by atoms with E-state index in [9.17, 15) is 0 Å². The first-order chi connectivity index (χ1) is 9.24. The van der Waals surface area contributed by atoms with Crippen molar-refractivity contribution in [3.05, 3.63) is 42.0 Å². The minimum atomic E-state index is -0.176. The molecule has 108 valence electrons. The number of hydrogen-bond acceptors (Lipinski definition) is 1. The van der Waals surface area contributed by atoms with E-state index in [0.717, 1.165) is 12.2 Å². The first-order valence-electron chi connectivity index (χ1n) is 7.46. The van der Waals surface area contributed by atoms with Crippen LogP contribution in [0.1, 0.15) is 53.5 Å². The Hall–Kier alpha value is -1.50. The fourth-order valence-corrected chi connectivity index (χ4v) is 2.47. The molecule has 2 aromatic rings. The molecule has 2 rings (SSSR count). The van der Waals surface area contributed by atoms with Gasteiger partial charge in [0.15, 0.2) is 0 Å². The van der Waals surface area contributed by atoms with E-state index < -0.39 is 0 Å². The highest BCUT2D eigenvalue weighted by molar-refractivity contribution is 5.91. The Morgan fingerprint density at radius 3 is 2.00 bits per heavy atom. The smallest absolute Gasteiger partial charge is 0.127 e. The monoisotopic (exact) mass is 270 g/mol. The molecule has 0 aliphatic carbocycles. The Balaban J connectivity index is 2.64. The van der Waals surface area contributed by atoms with Gasteiger partial charge < -0.3 is 4.74 Å². The minimum Gasteiger partial charge on any atom is -0.488 e. The first kappa shape index (κ1) is 14.9. The molecule has 0 bridgehead atoms. The highest BCUT2D eigenvalue weighted by Gasteiger charge is 2.22. The van der Waals surface area contributed by atoms with Crippen LogP contribution in [0, 0.1) is 0 Å². The van der Waals surface area contributed by atoms with Gasteiger partial charge in [0.1, 0.15) is 11.4 Å².